The van der Waals surface area contributed by atoms with E-state index in [1.807, 2.05) is 12.1 Å². The van der Waals surface area contributed by atoms with Crippen molar-refractivity contribution in [2.24, 2.45) is 5.41 Å². The summed E-state index contributed by atoms with van der Waals surface area (Å²) in [7, 11) is 0. The van der Waals surface area contributed by atoms with Crippen LogP contribution in [-0.2, 0) is 11.2 Å². The molecule has 0 aliphatic heterocycles. The molecule has 0 atom stereocenters. The summed E-state index contributed by atoms with van der Waals surface area (Å²) in [5.41, 5.74) is 1.20. The predicted octanol–water partition coefficient (Wildman–Crippen LogP) is 3.35. The van der Waals surface area contributed by atoms with Gasteiger partial charge >= 0.3 is 0 Å². The number of carbonyl (C=O) groups is 1. The Morgan fingerprint density at radius 1 is 1.16 bits per heavy atom. The highest BCUT2D eigenvalue weighted by Gasteiger charge is 2.26. The lowest BCUT2D eigenvalue weighted by atomic mass is 9.81. The van der Waals surface area contributed by atoms with Crippen molar-refractivity contribution >= 4 is 5.91 Å². The monoisotopic (exact) mass is 262 g/mol. The average Bonchev–Trinajstić information content (AvgIpc) is 2.23. The highest BCUT2D eigenvalue weighted by atomic mass is 16.1. The Morgan fingerprint density at radius 2 is 1.74 bits per heavy atom. The van der Waals surface area contributed by atoms with Gasteiger partial charge in [0.1, 0.15) is 0 Å². The van der Waals surface area contributed by atoms with Gasteiger partial charge in [-0.05, 0) is 49.8 Å². The molecule has 3 nitrogen and oxygen atoms in total. The predicted molar refractivity (Wildman–Crippen MR) is 78.9 cm³/mol. The van der Waals surface area contributed by atoms with Gasteiger partial charge < -0.3 is 5.32 Å². The fraction of sp³-hybridized carbons (Fsp3) is 0.625. The quantitative estimate of drug-likeness (QED) is 0.884. The molecule has 0 saturated heterocycles. The number of aromatic nitrogens is 1. The van der Waals surface area contributed by atoms with Crippen molar-refractivity contribution < 1.29 is 4.79 Å². The molecule has 0 spiro atoms. The van der Waals surface area contributed by atoms with E-state index in [0.717, 1.165) is 18.4 Å². The largest absolute Gasteiger partial charge is 0.351 e. The molecular weight excluding hydrogens is 236 g/mol. The molecule has 1 amide bonds. The number of hydrogen-bond donors (Lipinski definition) is 1. The highest BCUT2D eigenvalue weighted by Crippen LogP contribution is 2.26. The Balaban J connectivity index is 2.43. The van der Waals surface area contributed by atoms with Crippen molar-refractivity contribution in [1.82, 2.24) is 10.3 Å². The minimum absolute atomic E-state index is 0.117. The van der Waals surface area contributed by atoms with Crippen molar-refractivity contribution in [3.05, 3.63) is 30.1 Å². The molecule has 0 radical (unpaired) electrons. The molecule has 0 saturated carbocycles. The van der Waals surface area contributed by atoms with Crippen molar-refractivity contribution in [3.63, 3.8) is 0 Å². The summed E-state index contributed by atoms with van der Waals surface area (Å²) in [4.78, 5) is 16.0. The van der Waals surface area contributed by atoms with Crippen LogP contribution in [-0.4, -0.2) is 16.4 Å². The summed E-state index contributed by atoms with van der Waals surface area (Å²) in [5, 5.41) is 3.13. The first kappa shape index (κ1) is 15.7. The molecule has 0 unspecified atom stereocenters. The molecule has 3 heteroatoms. The fourth-order valence-electron chi connectivity index (χ4n) is 2.62. The lowest BCUT2D eigenvalue weighted by molar-refractivity contribution is -0.122. The average molecular weight is 262 g/mol. The Labute approximate surface area is 116 Å². The maximum atomic E-state index is 12.0. The molecule has 1 aromatic rings. The lowest BCUT2D eigenvalue weighted by Crippen LogP contribution is -2.45. The molecule has 1 rings (SSSR count). The topological polar surface area (TPSA) is 42.0 Å². The van der Waals surface area contributed by atoms with Gasteiger partial charge in [0, 0.05) is 24.4 Å². The van der Waals surface area contributed by atoms with Gasteiger partial charge in [-0.15, -0.1) is 0 Å². The fourth-order valence-corrected chi connectivity index (χ4v) is 2.62. The van der Waals surface area contributed by atoms with Crippen LogP contribution in [0.2, 0.25) is 0 Å². The van der Waals surface area contributed by atoms with Crippen molar-refractivity contribution in [1.29, 1.82) is 0 Å². The molecule has 0 fully saturated rings. The smallest absolute Gasteiger partial charge is 0.220 e. The minimum atomic E-state index is -0.159. The van der Waals surface area contributed by atoms with Gasteiger partial charge in [-0.25, -0.2) is 0 Å². The van der Waals surface area contributed by atoms with Crippen LogP contribution in [0.5, 0.6) is 0 Å². The Kier molecular flexibility index (Phi) is 5.10. The third-order valence-electron chi connectivity index (χ3n) is 2.84. The first-order chi connectivity index (χ1) is 8.68. The second-order valence-corrected chi connectivity index (χ2v) is 7.02. The molecule has 106 valence electrons. The normalized spacial score (nSPS) is 12.3. The van der Waals surface area contributed by atoms with Gasteiger partial charge in [0.05, 0.1) is 0 Å². The van der Waals surface area contributed by atoms with Crippen molar-refractivity contribution in [3.8, 4) is 0 Å². The minimum Gasteiger partial charge on any atom is -0.351 e. The molecule has 1 aromatic heterocycles. The van der Waals surface area contributed by atoms with E-state index in [-0.39, 0.29) is 16.9 Å². The molecule has 1 heterocycles. The zero-order valence-electron chi connectivity index (χ0n) is 12.8. The van der Waals surface area contributed by atoms with E-state index in [1.165, 1.54) is 0 Å². The molecular formula is C16H26N2O. The molecule has 1 N–H and O–H groups in total. The number of amides is 1. The van der Waals surface area contributed by atoms with Crippen LogP contribution in [0.3, 0.4) is 0 Å². The van der Waals surface area contributed by atoms with Crippen LogP contribution in [0, 0.1) is 5.41 Å². The summed E-state index contributed by atoms with van der Waals surface area (Å²) in [5.74, 6) is 0.117. The summed E-state index contributed by atoms with van der Waals surface area (Å²) in [6, 6.07) is 3.90. The molecule has 0 aliphatic carbocycles. The first-order valence-electron chi connectivity index (χ1n) is 6.88. The molecule has 0 bridgehead atoms. The Morgan fingerprint density at radius 3 is 2.26 bits per heavy atom. The van der Waals surface area contributed by atoms with Gasteiger partial charge in [-0.3, -0.25) is 9.78 Å². The van der Waals surface area contributed by atoms with Gasteiger partial charge in [-0.2, -0.15) is 0 Å². The third kappa shape index (κ3) is 6.94. The maximum Gasteiger partial charge on any atom is 0.220 e. The number of nitrogens with one attached hydrogen (secondary N) is 1. The summed E-state index contributed by atoms with van der Waals surface area (Å²) >= 11 is 0. The molecule has 19 heavy (non-hydrogen) atoms. The number of pyridine rings is 1. The first-order valence-corrected chi connectivity index (χ1v) is 6.88. The third-order valence-corrected chi connectivity index (χ3v) is 2.84. The van der Waals surface area contributed by atoms with Crippen LogP contribution in [0.15, 0.2) is 24.5 Å². The van der Waals surface area contributed by atoms with Crippen LogP contribution >= 0.6 is 0 Å². The van der Waals surface area contributed by atoms with E-state index in [4.69, 9.17) is 0 Å². The van der Waals surface area contributed by atoms with E-state index in [0.29, 0.717) is 6.42 Å². The van der Waals surface area contributed by atoms with Crippen LogP contribution in [0.4, 0.5) is 0 Å². The van der Waals surface area contributed by atoms with Crippen LogP contribution in [0.25, 0.3) is 0 Å². The number of carbonyl (C=O) groups excluding carboxylic acids is 1. The van der Waals surface area contributed by atoms with E-state index >= 15 is 0 Å². The number of aryl methyl sites for hydroxylation is 1. The second kappa shape index (κ2) is 6.18. The highest BCUT2D eigenvalue weighted by molar-refractivity contribution is 5.76. The lowest BCUT2D eigenvalue weighted by Gasteiger charge is -2.33. The van der Waals surface area contributed by atoms with Gasteiger partial charge in [-0.1, -0.05) is 20.8 Å². The Hall–Kier alpha value is -1.38. The van der Waals surface area contributed by atoms with E-state index < -0.39 is 0 Å². The van der Waals surface area contributed by atoms with Crippen molar-refractivity contribution in [2.75, 3.05) is 0 Å². The van der Waals surface area contributed by atoms with Gasteiger partial charge in [0.15, 0.2) is 0 Å². The number of rotatable bonds is 5. The number of nitrogens with zero attached hydrogens (tertiary/aromatic N) is 1. The van der Waals surface area contributed by atoms with E-state index in [9.17, 15) is 4.79 Å². The zero-order valence-corrected chi connectivity index (χ0v) is 12.8. The summed E-state index contributed by atoms with van der Waals surface area (Å²) in [6.07, 6.45) is 5.77. The zero-order chi connectivity index (χ0) is 14.5. The Bertz CT molecular complexity index is 405. The van der Waals surface area contributed by atoms with Crippen LogP contribution in [0.1, 0.15) is 53.0 Å². The molecule has 0 aliphatic rings. The van der Waals surface area contributed by atoms with Gasteiger partial charge in [0.25, 0.3) is 0 Å². The van der Waals surface area contributed by atoms with E-state index in [2.05, 4.69) is 44.9 Å². The summed E-state index contributed by atoms with van der Waals surface area (Å²) in [6.45, 7) is 10.7. The SMILES string of the molecule is CC(C)(C)CC(C)(C)NC(=O)CCc1ccncc1. The van der Waals surface area contributed by atoms with E-state index in [1.54, 1.807) is 12.4 Å². The molecule has 0 aromatic carbocycles. The van der Waals surface area contributed by atoms with Crippen molar-refractivity contribution in [2.45, 2.75) is 59.4 Å². The summed E-state index contributed by atoms with van der Waals surface area (Å²) < 4.78 is 0. The van der Waals surface area contributed by atoms with Gasteiger partial charge in [0.2, 0.25) is 5.91 Å². The second-order valence-electron chi connectivity index (χ2n) is 7.02. The number of hydrogen-bond acceptors (Lipinski definition) is 2. The van der Waals surface area contributed by atoms with Crippen LogP contribution < -0.4 is 5.32 Å². The standard InChI is InChI=1S/C16H26N2O/c1-15(2,3)12-16(4,5)18-14(19)7-6-13-8-10-17-11-9-13/h8-11H,6-7,12H2,1-5H3,(H,18,19). The maximum absolute atomic E-state index is 12.0.